The molecule has 0 fully saturated rings. The molecule has 0 aliphatic heterocycles. The Morgan fingerprint density at radius 3 is 2.56 bits per heavy atom. The van der Waals surface area contributed by atoms with E-state index in [1.165, 1.54) is 24.7 Å². The van der Waals surface area contributed by atoms with E-state index in [1.54, 1.807) is 12.1 Å². The number of H-pyrrole nitrogens is 1. The van der Waals surface area contributed by atoms with Gasteiger partial charge in [0.15, 0.2) is 0 Å². The highest BCUT2D eigenvalue weighted by Crippen LogP contribution is 2.04. The minimum Gasteiger partial charge on any atom is -0.478 e. The second kappa shape index (κ2) is 5.13. The van der Waals surface area contributed by atoms with Crippen LogP contribution in [0.5, 0.6) is 0 Å². The molecular weight excluding hydrogens is 234 g/mol. The van der Waals surface area contributed by atoms with Crippen LogP contribution in [0.1, 0.15) is 26.4 Å². The number of carbonyl (C=O) groups is 2. The highest BCUT2D eigenvalue weighted by Gasteiger charge is 2.06. The molecule has 6 nitrogen and oxygen atoms in total. The maximum absolute atomic E-state index is 11.6. The van der Waals surface area contributed by atoms with E-state index in [2.05, 4.69) is 15.3 Å². The molecule has 1 amide bonds. The molecule has 0 radical (unpaired) electrons. The van der Waals surface area contributed by atoms with Crippen molar-refractivity contribution in [2.45, 2.75) is 6.54 Å². The van der Waals surface area contributed by atoms with Crippen LogP contribution in [0, 0.1) is 0 Å². The van der Waals surface area contributed by atoms with E-state index in [-0.39, 0.29) is 11.5 Å². The van der Waals surface area contributed by atoms with E-state index >= 15 is 0 Å². The number of aromatic nitrogens is 2. The largest absolute Gasteiger partial charge is 0.478 e. The smallest absolute Gasteiger partial charge is 0.335 e. The number of aromatic amines is 1. The van der Waals surface area contributed by atoms with Crippen molar-refractivity contribution >= 4 is 11.9 Å². The lowest BCUT2D eigenvalue weighted by molar-refractivity contribution is 0.0696. The first-order valence-electron chi connectivity index (χ1n) is 5.25. The van der Waals surface area contributed by atoms with Gasteiger partial charge >= 0.3 is 5.97 Å². The predicted octanol–water partition coefficient (Wildman–Crippen LogP) is 1.04. The second-order valence-corrected chi connectivity index (χ2v) is 3.65. The number of hydrogen-bond donors (Lipinski definition) is 3. The van der Waals surface area contributed by atoms with E-state index < -0.39 is 5.97 Å². The highest BCUT2D eigenvalue weighted by molar-refractivity contribution is 5.92. The lowest BCUT2D eigenvalue weighted by Crippen LogP contribution is -2.23. The standard InChI is InChI=1S/C12H11N3O3/c16-11(10-6-13-7-15-10)14-5-8-1-3-9(4-2-8)12(17)18/h1-4,6-7H,5H2,(H,13,15)(H,14,16)(H,17,18). The summed E-state index contributed by atoms with van der Waals surface area (Å²) in [5, 5.41) is 11.4. The summed E-state index contributed by atoms with van der Waals surface area (Å²) in [6.45, 7) is 0.331. The van der Waals surface area contributed by atoms with Crippen molar-refractivity contribution in [1.29, 1.82) is 0 Å². The fourth-order valence-electron chi connectivity index (χ4n) is 1.42. The third-order valence-corrected chi connectivity index (χ3v) is 2.40. The summed E-state index contributed by atoms with van der Waals surface area (Å²) in [5.74, 6) is -1.22. The number of nitrogens with zero attached hydrogens (tertiary/aromatic N) is 1. The van der Waals surface area contributed by atoms with Gasteiger partial charge in [-0.1, -0.05) is 12.1 Å². The van der Waals surface area contributed by atoms with Crippen molar-refractivity contribution in [1.82, 2.24) is 15.3 Å². The van der Waals surface area contributed by atoms with Gasteiger partial charge in [0.25, 0.3) is 5.91 Å². The zero-order valence-electron chi connectivity index (χ0n) is 9.38. The number of imidazole rings is 1. The molecule has 0 aliphatic carbocycles. The van der Waals surface area contributed by atoms with E-state index in [4.69, 9.17) is 5.11 Å². The van der Waals surface area contributed by atoms with Crippen molar-refractivity contribution in [3.63, 3.8) is 0 Å². The summed E-state index contributed by atoms with van der Waals surface area (Å²) in [5.41, 5.74) is 1.43. The van der Waals surface area contributed by atoms with Gasteiger partial charge < -0.3 is 15.4 Å². The number of amides is 1. The number of aromatic carboxylic acids is 1. The summed E-state index contributed by atoms with van der Waals surface area (Å²) in [7, 11) is 0. The van der Waals surface area contributed by atoms with Gasteiger partial charge in [-0.2, -0.15) is 0 Å². The zero-order valence-corrected chi connectivity index (χ0v) is 9.38. The van der Waals surface area contributed by atoms with Crippen LogP contribution in [-0.4, -0.2) is 27.0 Å². The van der Waals surface area contributed by atoms with E-state index in [9.17, 15) is 9.59 Å². The van der Waals surface area contributed by atoms with Crippen molar-refractivity contribution in [2.24, 2.45) is 0 Å². The summed E-state index contributed by atoms with van der Waals surface area (Å²) in [4.78, 5) is 28.7. The molecule has 92 valence electrons. The second-order valence-electron chi connectivity index (χ2n) is 3.65. The molecule has 6 heteroatoms. The SMILES string of the molecule is O=C(O)c1ccc(CNC(=O)c2cnc[nH]2)cc1. The maximum atomic E-state index is 11.6. The Balaban J connectivity index is 1.94. The van der Waals surface area contributed by atoms with Crippen LogP contribution in [0.3, 0.4) is 0 Å². The Bertz CT molecular complexity index is 546. The quantitative estimate of drug-likeness (QED) is 0.749. The van der Waals surface area contributed by atoms with Crippen LogP contribution < -0.4 is 5.32 Å². The van der Waals surface area contributed by atoms with Crippen LogP contribution in [0.4, 0.5) is 0 Å². The Kier molecular flexibility index (Phi) is 3.38. The van der Waals surface area contributed by atoms with Gasteiger partial charge in [0.2, 0.25) is 0 Å². The van der Waals surface area contributed by atoms with Gasteiger partial charge in [-0.05, 0) is 17.7 Å². The van der Waals surface area contributed by atoms with Gasteiger partial charge in [-0.25, -0.2) is 9.78 Å². The van der Waals surface area contributed by atoms with Gasteiger partial charge in [0.1, 0.15) is 5.69 Å². The van der Waals surface area contributed by atoms with E-state index in [0.717, 1.165) is 5.56 Å². The Morgan fingerprint density at radius 2 is 2.00 bits per heavy atom. The lowest BCUT2D eigenvalue weighted by atomic mass is 10.1. The molecule has 0 saturated heterocycles. The molecule has 1 heterocycles. The number of carboxylic acid groups (broad SMARTS) is 1. The predicted molar refractivity (Wildman–Crippen MR) is 63.2 cm³/mol. The maximum Gasteiger partial charge on any atom is 0.335 e. The van der Waals surface area contributed by atoms with E-state index in [0.29, 0.717) is 12.2 Å². The number of benzene rings is 1. The normalized spacial score (nSPS) is 10.0. The molecule has 3 N–H and O–H groups in total. The summed E-state index contributed by atoms with van der Waals surface area (Å²) in [6.07, 6.45) is 2.86. The molecule has 18 heavy (non-hydrogen) atoms. The van der Waals surface area contributed by atoms with Gasteiger partial charge in [0, 0.05) is 6.54 Å². The van der Waals surface area contributed by atoms with Gasteiger partial charge in [-0.15, -0.1) is 0 Å². The average molecular weight is 245 g/mol. The first-order valence-corrected chi connectivity index (χ1v) is 5.25. The van der Waals surface area contributed by atoms with Crippen molar-refractivity contribution in [3.05, 3.63) is 53.6 Å². The molecule has 0 unspecified atom stereocenters. The molecular formula is C12H11N3O3. The molecule has 1 aromatic carbocycles. The number of rotatable bonds is 4. The summed E-state index contributed by atoms with van der Waals surface area (Å²) >= 11 is 0. The first-order chi connectivity index (χ1) is 8.66. The van der Waals surface area contributed by atoms with Gasteiger partial charge in [0.05, 0.1) is 18.1 Å². The molecule has 1 aromatic heterocycles. The van der Waals surface area contributed by atoms with E-state index in [1.807, 2.05) is 0 Å². The minimum atomic E-state index is -0.969. The van der Waals surface area contributed by atoms with Crippen LogP contribution >= 0.6 is 0 Å². The van der Waals surface area contributed by atoms with Crippen LogP contribution in [0.25, 0.3) is 0 Å². The monoisotopic (exact) mass is 245 g/mol. The minimum absolute atomic E-state index is 0.221. The van der Waals surface area contributed by atoms with Gasteiger partial charge in [-0.3, -0.25) is 4.79 Å². The number of nitrogens with one attached hydrogen (secondary N) is 2. The molecule has 0 aliphatic rings. The first kappa shape index (κ1) is 11.8. The summed E-state index contributed by atoms with van der Waals surface area (Å²) in [6, 6.07) is 6.33. The molecule has 2 rings (SSSR count). The molecule has 0 bridgehead atoms. The molecule has 0 atom stereocenters. The number of carbonyl (C=O) groups excluding carboxylic acids is 1. The van der Waals surface area contributed by atoms with Crippen LogP contribution in [0.2, 0.25) is 0 Å². The number of hydrogen-bond acceptors (Lipinski definition) is 3. The fraction of sp³-hybridized carbons (Fsp3) is 0.0833. The molecule has 0 saturated carbocycles. The lowest BCUT2D eigenvalue weighted by Gasteiger charge is -2.04. The van der Waals surface area contributed by atoms with Crippen molar-refractivity contribution in [2.75, 3.05) is 0 Å². The number of carboxylic acids is 1. The third kappa shape index (κ3) is 2.73. The summed E-state index contributed by atoms with van der Waals surface area (Å²) < 4.78 is 0. The van der Waals surface area contributed by atoms with Crippen molar-refractivity contribution < 1.29 is 14.7 Å². The van der Waals surface area contributed by atoms with Crippen LogP contribution in [0.15, 0.2) is 36.8 Å². The Hall–Kier alpha value is -2.63. The Morgan fingerprint density at radius 1 is 1.28 bits per heavy atom. The van der Waals surface area contributed by atoms with Crippen LogP contribution in [-0.2, 0) is 6.54 Å². The average Bonchev–Trinajstić information content (AvgIpc) is 2.90. The molecule has 2 aromatic rings. The third-order valence-electron chi connectivity index (χ3n) is 2.40. The highest BCUT2D eigenvalue weighted by atomic mass is 16.4. The zero-order chi connectivity index (χ0) is 13.0. The Labute approximate surface area is 103 Å². The topological polar surface area (TPSA) is 95.1 Å². The molecule has 0 spiro atoms. The van der Waals surface area contributed by atoms with Crippen molar-refractivity contribution in [3.8, 4) is 0 Å². The fourth-order valence-corrected chi connectivity index (χ4v) is 1.42.